The van der Waals surface area contributed by atoms with Crippen LogP contribution < -0.4 is 5.32 Å². The first-order chi connectivity index (χ1) is 9.24. The van der Waals surface area contributed by atoms with E-state index in [1.807, 2.05) is 0 Å². The highest BCUT2D eigenvalue weighted by Gasteiger charge is 2.34. The van der Waals surface area contributed by atoms with Gasteiger partial charge < -0.3 is 5.32 Å². The van der Waals surface area contributed by atoms with Gasteiger partial charge in [-0.2, -0.15) is 0 Å². The van der Waals surface area contributed by atoms with Crippen molar-refractivity contribution in [2.75, 3.05) is 19.6 Å². The molecular formula is C15H23ClN2S. The topological polar surface area (TPSA) is 15.3 Å². The molecule has 1 aliphatic carbocycles. The van der Waals surface area contributed by atoms with Gasteiger partial charge in [-0.1, -0.05) is 11.6 Å². The zero-order valence-corrected chi connectivity index (χ0v) is 13.1. The highest BCUT2D eigenvalue weighted by Crippen LogP contribution is 2.37. The molecule has 0 radical (unpaired) electrons. The van der Waals surface area contributed by atoms with Crippen LogP contribution in [-0.2, 0) is 0 Å². The Balaban J connectivity index is 1.66. The molecule has 0 amide bonds. The first-order valence-electron chi connectivity index (χ1n) is 7.44. The zero-order chi connectivity index (χ0) is 13.2. The number of hydrogen-bond donors (Lipinski definition) is 1. The Morgan fingerprint density at radius 1 is 1.47 bits per heavy atom. The van der Waals surface area contributed by atoms with Crippen LogP contribution in [0.5, 0.6) is 0 Å². The summed E-state index contributed by atoms with van der Waals surface area (Å²) in [6.07, 6.45) is 5.47. The molecule has 0 spiro atoms. The van der Waals surface area contributed by atoms with E-state index in [1.54, 1.807) is 11.3 Å². The number of thiophene rings is 1. The maximum Gasteiger partial charge on any atom is 0.0931 e. The van der Waals surface area contributed by atoms with E-state index >= 15 is 0 Å². The molecule has 19 heavy (non-hydrogen) atoms. The van der Waals surface area contributed by atoms with Crippen molar-refractivity contribution in [2.45, 2.75) is 44.7 Å². The van der Waals surface area contributed by atoms with E-state index in [0.717, 1.165) is 16.3 Å². The van der Waals surface area contributed by atoms with Crippen LogP contribution in [0.4, 0.5) is 0 Å². The Bertz CT molecular complexity index is 410. The van der Waals surface area contributed by atoms with Crippen molar-refractivity contribution in [3.05, 3.63) is 21.3 Å². The maximum absolute atomic E-state index is 6.09. The van der Waals surface area contributed by atoms with Crippen molar-refractivity contribution in [1.82, 2.24) is 10.2 Å². The van der Waals surface area contributed by atoms with Crippen LogP contribution >= 0.6 is 22.9 Å². The molecule has 3 rings (SSSR count). The first-order valence-corrected chi connectivity index (χ1v) is 8.70. The summed E-state index contributed by atoms with van der Waals surface area (Å²) in [6.45, 7) is 5.98. The fourth-order valence-electron chi connectivity index (χ4n) is 3.14. The van der Waals surface area contributed by atoms with Crippen LogP contribution in [0.2, 0.25) is 4.34 Å². The van der Waals surface area contributed by atoms with Gasteiger partial charge in [0.25, 0.3) is 0 Å². The second kappa shape index (κ2) is 6.13. The van der Waals surface area contributed by atoms with Crippen molar-refractivity contribution in [1.29, 1.82) is 0 Å². The van der Waals surface area contributed by atoms with Crippen molar-refractivity contribution >= 4 is 22.9 Å². The smallest absolute Gasteiger partial charge is 0.0931 e. The lowest BCUT2D eigenvalue weighted by atomic mass is 9.97. The zero-order valence-electron chi connectivity index (χ0n) is 11.6. The van der Waals surface area contributed by atoms with Crippen molar-refractivity contribution in [3.63, 3.8) is 0 Å². The molecule has 0 aromatic carbocycles. The molecule has 2 atom stereocenters. The minimum absolute atomic E-state index is 0.512. The molecule has 2 fully saturated rings. The summed E-state index contributed by atoms with van der Waals surface area (Å²) in [5.41, 5.74) is 1.39. The van der Waals surface area contributed by atoms with Crippen LogP contribution in [0.3, 0.4) is 0 Å². The minimum Gasteiger partial charge on any atom is -0.316 e. The third-order valence-electron chi connectivity index (χ3n) is 4.45. The van der Waals surface area contributed by atoms with Crippen molar-refractivity contribution < 1.29 is 0 Å². The highest BCUT2D eigenvalue weighted by molar-refractivity contribution is 7.14. The van der Waals surface area contributed by atoms with Gasteiger partial charge in [0, 0.05) is 18.6 Å². The standard InChI is InChI=1S/C15H23ClN2S/c1-11(13-7-15(16)19-10-13)18(14-4-5-14)9-12-3-2-6-17-8-12/h7,10-12,14,17H,2-6,8-9H2,1H3. The molecule has 2 unspecified atom stereocenters. The normalized spacial score (nSPS) is 25.7. The summed E-state index contributed by atoms with van der Waals surface area (Å²) in [5, 5.41) is 5.76. The lowest BCUT2D eigenvalue weighted by molar-refractivity contribution is 0.154. The third kappa shape index (κ3) is 3.52. The summed E-state index contributed by atoms with van der Waals surface area (Å²) in [6, 6.07) is 3.47. The van der Waals surface area contributed by atoms with Gasteiger partial charge in [-0.15, -0.1) is 11.3 Å². The largest absolute Gasteiger partial charge is 0.316 e. The molecule has 2 nitrogen and oxygen atoms in total. The SMILES string of the molecule is CC(c1csc(Cl)c1)N(CC1CCCNC1)C1CC1. The van der Waals surface area contributed by atoms with Crippen molar-refractivity contribution in [3.8, 4) is 0 Å². The van der Waals surface area contributed by atoms with Crippen LogP contribution in [0, 0.1) is 5.92 Å². The first kappa shape index (κ1) is 13.9. The lowest BCUT2D eigenvalue weighted by Gasteiger charge is -2.34. The van der Waals surface area contributed by atoms with Gasteiger partial charge >= 0.3 is 0 Å². The molecule has 2 heterocycles. The summed E-state index contributed by atoms with van der Waals surface area (Å²) >= 11 is 7.74. The molecule has 106 valence electrons. The van der Waals surface area contributed by atoms with Crippen LogP contribution in [-0.4, -0.2) is 30.6 Å². The Labute approximate surface area is 125 Å². The molecule has 1 N–H and O–H groups in total. The molecule has 1 saturated carbocycles. The molecule has 0 bridgehead atoms. The van der Waals surface area contributed by atoms with Gasteiger partial charge in [0.15, 0.2) is 0 Å². The second-order valence-corrected chi connectivity index (χ2v) is 7.54. The summed E-state index contributed by atoms with van der Waals surface area (Å²) < 4.78 is 0.914. The van der Waals surface area contributed by atoms with Gasteiger partial charge in [0.2, 0.25) is 0 Å². The second-order valence-electron chi connectivity index (χ2n) is 6.00. The summed E-state index contributed by atoms with van der Waals surface area (Å²) in [4.78, 5) is 2.72. The maximum atomic E-state index is 6.09. The predicted octanol–water partition coefficient (Wildman–Crippen LogP) is 3.93. The lowest BCUT2D eigenvalue weighted by Crippen LogP contribution is -2.40. The van der Waals surface area contributed by atoms with Gasteiger partial charge in [-0.25, -0.2) is 0 Å². The number of nitrogens with one attached hydrogen (secondary N) is 1. The van der Waals surface area contributed by atoms with E-state index in [4.69, 9.17) is 11.6 Å². The summed E-state index contributed by atoms with van der Waals surface area (Å²) in [5.74, 6) is 0.825. The molecule has 1 aromatic heterocycles. The Kier molecular flexibility index (Phi) is 4.47. The Hall–Kier alpha value is -0.0900. The molecule has 1 aromatic rings. The average molecular weight is 299 g/mol. The van der Waals surface area contributed by atoms with Gasteiger partial charge in [0.1, 0.15) is 0 Å². The number of hydrogen-bond acceptors (Lipinski definition) is 3. The molecule has 1 aliphatic heterocycles. The predicted molar refractivity (Wildman–Crippen MR) is 83.1 cm³/mol. The number of rotatable bonds is 5. The van der Waals surface area contributed by atoms with Crippen LogP contribution in [0.15, 0.2) is 11.4 Å². The van der Waals surface area contributed by atoms with Crippen LogP contribution in [0.1, 0.15) is 44.2 Å². The quantitative estimate of drug-likeness (QED) is 0.886. The summed E-state index contributed by atoms with van der Waals surface area (Å²) in [7, 11) is 0. The van der Waals surface area contributed by atoms with Gasteiger partial charge in [-0.05, 0) is 68.6 Å². The number of nitrogens with zero attached hydrogens (tertiary/aromatic N) is 1. The van der Waals surface area contributed by atoms with E-state index in [1.165, 1.54) is 50.9 Å². The van der Waals surface area contributed by atoms with E-state index in [9.17, 15) is 0 Å². The van der Waals surface area contributed by atoms with E-state index in [-0.39, 0.29) is 0 Å². The minimum atomic E-state index is 0.512. The van der Waals surface area contributed by atoms with E-state index in [0.29, 0.717) is 6.04 Å². The number of halogens is 1. The fourth-order valence-corrected chi connectivity index (χ4v) is 4.12. The molecular weight excluding hydrogens is 276 g/mol. The Morgan fingerprint density at radius 3 is 2.89 bits per heavy atom. The molecule has 4 heteroatoms. The monoisotopic (exact) mass is 298 g/mol. The van der Waals surface area contributed by atoms with Gasteiger partial charge in [-0.3, -0.25) is 4.90 Å². The van der Waals surface area contributed by atoms with Crippen molar-refractivity contribution in [2.24, 2.45) is 5.92 Å². The third-order valence-corrected chi connectivity index (χ3v) is 5.56. The molecule has 2 aliphatic rings. The average Bonchev–Trinajstić information content (AvgIpc) is 3.18. The fraction of sp³-hybridized carbons (Fsp3) is 0.733. The van der Waals surface area contributed by atoms with E-state index in [2.05, 4.69) is 28.6 Å². The van der Waals surface area contributed by atoms with Gasteiger partial charge in [0.05, 0.1) is 4.34 Å². The van der Waals surface area contributed by atoms with Crippen LogP contribution in [0.25, 0.3) is 0 Å². The number of piperidine rings is 1. The van der Waals surface area contributed by atoms with E-state index < -0.39 is 0 Å². The Morgan fingerprint density at radius 2 is 2.32 bits per heavy atom. The highest BCUT2D eigenvalue weighted by atomic mass is 35.5. The molecule has 1 saturated heterocycles.